The molecule has 5 aromatic rings. The number of aromatic nitrogens is 6. The van der Waals surface area contributed by atoms with Crippen LogP contribution < -0.4 is 10.6 Å². The Morgan fingerprint density at radius 1 is 0.857 bits per heavy atom. The number of amides is 1. The van der Waals surface area contributed by atoms with Crippen molar-refractivity contribution in [3.8, 4) is 22.6 Å². The molecule has 1 fully saturated rings. The number of H-pyrrole nitrogens is 2. The van der Waals surface area contributed by atoms with Crippen molar-refractivity contribution in [3.63, 3.8) is 0 Å². The zero-order chi connectivity index (χ0) is 23.4. The molecule has 3 aliphatic rings. The van der Waals surface area contributed by atoms with E-state index in [2.05, 4.69) is 54.0 Å². The topological polar surface area (TPSA) is 124 Å². The van der Waals surface area contributed by atoms with E-state index in [9.17, 15) is 4.79 Å². The summed E-state index contributed by atoms with van der Waals surface area (Å²) in [6.45, 7) is 0.768. The first kappa shape index (κ1) is 20.3. The molecule has 1 aliphatic carbocycles. The third-order valence-electron chi connectivity index (χ3n) is 7.21. The second-order valence-corrected chi connectivity index (χ2v) is 9.49. The molecule has 9 heteroatoms. The Morgan fingerprint density at radius 3 is 2.63 bits per heavy atom. The van der Waals surface area contributed by atoms with Gasteiger partial charge in [-0.05, 0) is 55.0 Å². The largest absolute Gasteiger partial charge is 0.349 e. The Kier molecular flexibility index (Phi) is 4.63. The Labute approximate surface area is 200 Å². The summed E-state index contributed by atoms with van der Waals surface area (Å²) in [4.78, 5) is 30.1. The van der Waals surface area contributed by atoms with Gasteiger partial charge in [-0.2, -0.15) is 5.10 Å². The van der Waals surface area contributed by atoms with E-state index in [0.29, 0.717) is 34.2 Å². The van der Waals surface area contributed by atoms with Gasteiger partial charge in [-0.25, -0.2) is 4.98 Å². The van der Waals surface area contributed by atoms with E-state index in [1.54, 1.807) is 12.4 Å². The Balaban J connectivity index is 1.40. The number of carbonyl (C=O) groups excluding carboxylic acids is 1. The first-order valence-electron chi connectivity index (χ1n) is 12.0. The normalized spacial score (nSPS) is 20.2. The number of rotatable bonds is 0. The number of pyridine rings is 2. The van der Waals surface area contributed by atoms with Crippen molar-refractivity contribution >= 4 is 27.8 Å². The first-order chi connectivity index (χ1) is 17.2. The van der Waals surface area contributed by atoms with E-state index in [1.807, 2.05) is 18.5 Å². The van der Waals surface area contributed by atoms with E-state index >= 15 is 0 Å². The lowest BCUT2D eigenvalue weighted by Crippen LogP contribution is -2.42. The summed E-state index contributed by atoms with van der Waals surface area (Å²) in [5.41, 5.74) is 6.67. The molecule has 1 aromatic carbocycles. The molecule has 4 N–H and O–H groups in total. The average molecular weight is 465 g/mol. The predicted octanol–water partition coefficient (Wildman–Crippen LogP) is 3.71. The number of aromatic amines is 2. The number of fused-ring (bicyclic) bond motifs is 4. The molecule has 0 unspecified atom stereocenters. The van der Waals surface area contributed by atoms with Crippen molar-refractivity contribution in [2.24, 2.45) is 0 Å². The van der Waals surface area contributed by atoms with Crippen LogP contribution in [0.5, 0.6) is 0 Å². The summed E-state index contributed by atoms with van der Waals surface area (Å²) in [5.74, 6) is 0.465. The van der Waals surface area contributed by atoms with E-state index < -0.39 is 0 Å². The van der Waals surface area contributed by atoms with Crippen molar-refractivity contribution in [3.05, 3.63) is 60.2 Å². The molecular weight excluding hydrogens is 440 g/mol. The molecule has 8 rings (SSSR count). The molecule has 0 spiro atoms. The van der Waals surface area contributed by atoms with Gasteiger partial charge in [0.05, 0.1) is 22.8 Å². The molecule has 0 radical (unpaired) electrons. The van der Waals surface area contributed by atoms with Crippen LogP contribution >= 0.6 is 0 Å². The highest BCUT2D eigenvalue weighted by atomic mass is 16.1. The summed E-state index contributed by atoms with van der Waals surface area (Å²) in [7, 11) is 0. The minimum absolute atomic E-state index is 0.133. The van der Waals surface area contributed by atoms with E-state index in [-0.39, 0.29) is 11.9 Å². The third kappa shape index (κ3) is 3.55. The lowest BCUT2D eigenvalue weighted by Gasteiger charge is -2.30. The Bertz CT molecular complexity index is 1580. The van der Waals surface area contributed by atoms with Gasteiger partial charge in [0.1, 0.15) is 11.2 Å². The minimum Gasteiger partial charge on any atom is -0.349 e. The molecule has 1 saturated carbocycles. The molecule has 0 atom stereocenters. The van der Waals surface area contributed by atoms with Crippen LogP contribution in [0.15, 0.2) is 49.1 Å². The number of benzene rings is 1. The third-order valence-corrected chi connectivity index (χ3v) is 7.21. The van der Waals surface area contributed by atoms with Crippen LogP contribution in [-0.2, 0) is 6.54 Å². The van der Waals surface area contributed by atoms with Crippen LogP contribution in [0.25, 0.3) is 44.6 Å². The molecule has 6 heterocycles. The lowest BCUT2D eigenvalue weighted by atomic mass is 9.91. The number of hydrogen-bond donors (Lipinski definition) is 4. The monoisotopic (exact) mass is 464 g/mol. The van der Waals surface area contributed by atoms with E-state index in [1.165, 1.54) is 0 Å². The zero-order valence-corrected chi connectivity index (χ0v) is 19.0. The van der Waals surface area contributed by atoms with Crippen molar-refractivity contribution in [2.75, 3.05) is 0 Å². The fraction of sp³-hybridized carbons (Fsp3) is 0.269. The van der Waals surface area contributed by atoms with Gasteiger partial charge in [0, 0.05) is 48.2 Å². The maximum atomic E-state index is 13.2. The maximum Gasteiger partial charge on any atom is 0.255 e. The molecule has 0 saturated heterocycles. The van der Waals surface area contributed by atoms with Crippen LogP contribution in [-0.4, -0.2) is 48.1 Å². The zero-order valence-electron chi connectivity index (χ0n) is 19.0. The highest BCUT2D eigenvalue weighted by molar-refractivity contribution is 6.05. The van der Waals surface area contributed by atoms with Gasteiger partial charge >= 0.3 is 0 Å². The number of imidazole rings is 1. The van der Waals surface area contributed by atoms with Gasteiger partial charge in [0.2, 0.25) is 0 Å². The molecule has 4 aromatic heterocycles. The van der Waals surface area contributed by atoms with Crippen molar-refractivity contribution in [1.29, 1.82) is 0 Å². The number of carbonyl (C=O) groups is 1. The van der Waals surface area contributed by atoms with Crippen LogP contribution in [0.4, 0.5) is 0 Å². The number of hydrogen-bond acceptors (Lipinski definition) is 6. The highest BCUT2D eigenvalue weighted by Crippen LogP contribution is 2.31. The lowest BCUT2D eigenvalue weighted by molar-refractivity contribution is 0.0925. The molecule has 35 heavy (non-hydrogen) atoms. The summed E-state index contributed by atoms with van der Waals surface area (Å²) < 4.78 is 0. The SMILES string of the molecule is O=C1NC2CCC(CC2)NCc2cncc(c2)-c2ccc3[nH]nc(c3c2)-c2nc3c1cncc3[nH]2. The van der Waals surface area contributed by atoms with Gasteiger partial charge in [0.25, 0.3) is 5.91 Å². The van der Waals surface area contributed by atoms with Crippen LogP contribution in [0.2, 0.25) is 0 Å². The Morgan fingerprint density at radius 2 is 1.71 bits per heavy atom. The van der Waals surface area contributed by atoms with Crippen molar-refractivity contribution in [2.45, 2.75) is 44.3 Å². The fourth-order valence-corrected chi connectivity index (χ4v) is 5.29. The second kappa shape index (κ2) is 7.99. The highest BCUT2D eigenvalue weighted by Gasteiger charge is 2.25. The fourth-order valence-electron chi connectivity index (χ4n) is 5.29. The average Bonchev–Trinajstić information content (AvgIpc) is 3.51. The molecule has 1 amide bonds. The summed E-state index contributed by atoms with van der Waals surface area (Å²) in [5, 5.41) is 15.5. The number of nitrogens with zero attached hydrogens (tertiary/aromatic N) is 4. The molecule has 2 aliphatic heterocycles. The van der Waals surface area contributed by atoms with E-state index in [0.717, 1.165) is 59.8 Å². The van der Waals surface area contributed by atoms with Crippen molar-refractivity contribution < 1.29 is 4.79 Å². The molecule has 174 valence electrons. The minimum atomic E-state index is -0.133. The summed E-state index contributed by atoms with van der Waals surface area (Å²) >= 11 is 0. The van der Waals surface area contributed by atoms with Crippen LogP contribution in [0.1, 0.15) is 41.6 Å². The van der Waals surface area contributed by atoms with Gasteiger partial charge in [-0.15, -0.1) is 0 Å². The van der Waals surface area contributed by atoms with Gasteiger partial charge in [-0.3, -0.25) is 19.9 Å². The van der Waals surface area contributed by atoms with E-state index in [4.69, 9.17) is 4.98 Å². The van der Waals surface area contributed by atoms with Gasteiger partial charge in [-0.1, -0.05) is 6.07 Å². The maximum absolute atomic E-state index is 13.2. The van der Waals surface area contributed by atoms with Crippen LogP contribution in [0, 0.1) is 0 Å². The Hall–Kier alpha value is -4.11. The molecule has 8 bridgehead atoms. The standard InChI is InChI=1S/C26H24N8O/c35-26-20-12-28-13-22-23(20)32-25(31-22)24-19-8-15(1-6-21(19)33-34-24)16-7-14(9-27-11-16)10-29-17-2-4-18(30-26)5-3-17/h1,6-9,11-13,17-18,29H,2-5,10H2,(H,30,35)(H,31,32)(H,33,34). The molecular formula is C26H24N8O. The first-order valence-corrected chi connectivity index (χ1v) is 12.0. The second-order valence-electron chi connectivity index (χ2n) is 9.49. The smallest absolute Gasteiger partial charge is 0.255 e. The molecule has 9 nitrogen and oxygen atoms in total. The summed E-state index contributed by atoms with van der Waals surface area (Å²) in [6, 6.07) is 8.98. The summed E-state index contributed by atoms with van der Waals surface area (Å²) in [6.07, 6.45) is 11.0. The van der Waals surface area contributed by atoms with Crippen LogP contribution in [0.3, 0.4) is 0 Å². The van der Waals surface area contributed by atoms with Gasteiger partial charge in [0.15, 0.2) is 5.82 Å². The number of nitrogens with one attached hydrogen (secondary N) is 4. The van der Waals surface area contributed by atoms with Gasteiger partial charge < -0.3 is 15.6 Å². The quantitative estimate of drug-likeness (QED) is 0.277. The van der Waals surface area contributed by atoms with Crippen molar-refractivity contribution in [1.82, 2.24) is 40.8 Å². The predicted molar refractivity (Wildman–Crippen MR) is 133 cm³/mol.